The quantitative estimate of drug-likeness (QED) is 0.323. The van der Waals surface area contributed by atoms with Crippen molar-refractivity contribution < 1.29 is 34.0 Å². The molecule has 0 radical (unpaired) electrons. The van der Waals surface area contributed by atoms with Crippen LogP contribution < -0.4 is 10.4 Å². The molecular weight excluding hydrogens is 488 g/mol. The SMILES string of the molecule is CC(C)(C)[Si](OC[C@H]1O[C@H](O)[C@H](OC(=O)c2ccccc2)[C@@H](O)[C@H]1O)(c1ccccc1)c1ccccc1. The Labute approximate surface area is 218 Å². The Morgan fingerprint density at radius 1 is 0.811 bits per heavy atom. The van der Waals surface area contributed by atoms with Crippen LogP contribution in [-0.2, 0) is 13.9 Å². The van der Waals surface area contributed by atoms with Crippen molar-refractivity contribution >= 4 is 24.7 Å². The van der Waals surface area contributed by atoms with Gasteiger partial charge in [-0.3, -0.25) is 0 Å². The van der Waals surface area contributed by atoms with Crippen molar-refractivity contribution in [3.05, 3.63) is 96.6 Å². The van der Waals surface area contributed by atoms with Crippen LogP contribution in [0.4, 0.5) is 0 Å². The molecule has 1 aliphatic rings. The largest absolute Gasteiger partial charge is 0.450 e. The Morgan fingerprint density at radius 3 is 1.78 bits per heavy atom. The molecule has 3 aromatic carbocycles. The summed E-state index contributed by atoms with van der Waals surface area (Å²) in [4.78, 5) is 12.5. The highest BCUT2D eigenvalue weighted by Crippen LogP contribution is 2.37. The van der Waals surface area contributed by atoms with Crippen LogP contribution in [0.3, 0.4) is 0 Å². The average molecular weight is 523 g/mol. The Kier molecular flexibility index (Phi) is 8.28. The van der Waals surface area contributed by atoms with Crippen molar-refractivity contribution in [3.8, 4) is 0 Å². The molecule has 1 fully saturated rings. The normalized spacial score (nSPS) is 24.4. The lowest BCUT2D eigenvalue weighted by Gasteiger charge is -2.45. The zero-order valence-corrected chi connectivity index (χ0v) is 22.2. The van der Waals surface area contributed by atoms with E-state index < -0.39 is 45.0 Å². The van der Waals surface area contributed by atoms with Crippen LogP contribution in [0.2, 0.25) is 5.04 Å². The lowest BCUT2D eigenvalue weighted by atomic mass is 9.99. The number of ether oxygens (including phenoxy) is 2. The smallest absolute Gasteiger partial charge is 0.338 e. The highest BCUT2D eigenvalue weighted by Gasteiger charge is 2.52. The van der Waals surface area contributed by atoms with Crippen molar-refractivity contribution in [2.45, 2.75) is 56.5 Å². The summed E-state index contributed by atoms with van der Waals surface area (Å²) in [5.41, 5.74) is 0.258. The molecule has 1 aliphatic heterocycles. The first kappa shape index (κ1) is 27.2. The molecule has 4 rings (SSSR count). The van der Waals surface area contributed by atoms with Gasteiger partial charge in [0.2, 0.25) is 0 Å². The van der Waals surface area contributed by atoms with E-state index in [-0.39, 0.29) is 17.2 Å². The van der Waals surface area contributed by atoms with Gasteiger partial charge < -0.3 is 29.2 Å². The summed E-state index contributed by atoms with van der Waals surface area (Å²) in [5, 5.41) is 34.1. The number of esters is 1. The van der Waals surface area contributed by atoms with Gasteiger partial charge in [0.05, 0.1) is 12.2 Å². The first-order valence-corrected chi connectivity index (χ1v) is 14.3. The van der Waals surface area contributed by atoms with Crippen LogP contribution >= 0.6 is 0 Å². The monoisotopic (exact) mass is 522 g/mol. The van der Waals surface area contributed by atoms with Gasteiger partial charge >= 0.3 is 5.97 Å². The van der Waals surface area contributed by atoms with Crippen LogP contribution in [0.25, 0.3) is 0 Å². The van der Waals surface area contributed by atoms with Crippen molar-refractivity contribution in [1.29, 1.82) is 0 Å². The van der Waals surface area contributed by atoms with E-state index in [1.165, 1.54) is 0 Å². The molecule has 1 heterocycles. The lowest BCUT2D eigenvalue weighted by molar-refractivity contribution is -0.284. The average Bonchev–Trinajstić information content (AvgIpc) is 2.90. The van der Waals surface area contributed by atoms with Crippen LogP contribution in [0.15, 0.2) is 91.0 Å². The molecule has 0 saturated carbocycles. The van der Waals surface area contributed by atoms with E-state index in [1.54, 1.807) is 30.3 Å². The van der Waals surface area contributed by atoms with Gasteiger partial charge in [0, 0.05) is 0 Å². The van der Waals surface area contributed by atoms with Crippen molar-refractivity contribution in [2.24, 2.45) is 0 Å². The summed E-state index contributed by atoms with van der Waals surface area (Å²) in [6.45, 7) is 6.29. The Hall–Kier alpha value is -2.85. The summed E-state index contributed by atoms with van der Waals surface area (Å²) in [6, 6.07) is 28.2. The van der Waals surface area contributed by atoms with Gasteiger partial charge in [-0.1, -0.05) is 99.6 Å². The summed E-state index contributed by atoms with van der Waals surface area (Å²) in [6.07, 6.45) is -7.15. The molecule has 7 nitrogen and oxygen atoms in total. The molecule has 0 bridgehead atoms. The van der Waals surface area contributed by atoms with Gasteiger partial charge in [-0.15, -0.1) is 0 Å². The van der Waals surface area contributed by atoms with E-state index in [2.05, 4.69) is 20.8 Å². The zero-order valence-electron chi connectivity index (χ0n) is 21.2. The first-order chi connectivity index (χ1) is 17.6. The fourth-order valence-corrected chi connectivity index (χ4v) is 9.49. The van der Waals surface area contributed by atoms with Crippen LogP contribution in [-0.4, -0.2) is 66.9 Å². The summed E-state index contributed by atoms with van der Waals surface area (Å²) in [7, 11) is -2.93. The van der Waals surface area contributed by atoms with Crippen LogP contribution in [0.1, 0.15) is 31.1 Å². The van der Waals surface area contributed by atoms with Crippen LogP contribution in [0, 0.1) is 0 Å². The van der Waals surface area contributed by atoms with Gasteiger partial charge in [-0.25, -0.2) is 4.79 Å². The van der Waals surface area contributed by atoms with E-state index in [0.717, 1.165) is 10.4 Å². The maximum absolute atomic E-state index is 12.5. The number of aliphatic hydroxyl groups is 3. The summed E-state index contributed by atoms with van der Waals surface area (Å²) in [5.74, 6) is -0.735. The number of carbonyl (C=O) groups excluding carboxylic acids is 1. The Balaban J connectivity index is 1.57. The number of carbonyl (C=O) groups is 1. The number of hydrogen-bond donors (Lipinski definition) is 3. The molecule has 3 N–H and O–H groups in total. The number of hydrogen-bond acceptors (Lipinski definition) is 7. The predicted octanol–water partition coefficient (Wildman–Crippen LogP) is 2.23. The summed E-state index contributed by atoms with van der Waals surface area (Å²) < 4.78 is 17.7. The number of benzene rings is 3. The second-order valence-corrected chi connectivity index (χ2v) is 14.6. The molecule has 3 aromatic rings. The Bertz CT molecular complexity index is 1110. The molecule has 0 aromatic heterocycles. The fraction of sp³-hybridized carbons (Fsp3) is 0.345. The van der Waals surface area contributed by atoms with E-state index in [1.807, 2.05) is 60.7 Å². The van der Waals surface area contributed by atoms with E-state index in [4.69, 9.17) is 13.9 Å². The van der Waals surface area contributed by atoms with Gasteiger partial charge in [-0.2, -0.15) is 0 Å². The minimum Gasteiger partial charge on any atom is -0.450 e. The molecule has 0 unspecified atom stereocenters. The minimum atomic E-state index is -2.93. The highest BCUT2D eigenvalue weighted by molar-refractivity contribution is 6.99. The molecule has 0 spiro atoms. The standard InChI is InChI=1S/C29H34O7Si/c1-29(2,3)37(21-15-9-5-10-16-21,22-17-11-6-12-18-22)34-19-23-24(30)25(31)26(28(33)35-23)36-27(32)20-13-7-4-8-14-20/h4-18,23-26,28,30-31,33H,19H2,1-3H3/t23-,24+,25+,26-,28+/m1/s1. The van der Waals surface area contributed by atoms with Crippen molar-refractivity contribution in [3.63, 3.8) is 0 Å². The molecule has 0 amide bonds. The summed E-state index contributed by atoms with van der Waals surface area (Å²) >= 11 is 0. The van der Waals surface area contributed by atoms with Gasteiger partial charge in [0.1, 0.15) is 18.3 Å². The molecule has 196 valence electrons. The maximum Gasteiger partial charge on any atom is 0.338 e. The zero-order chi connectivity index (χ0) is 26.6. The molecule has 0 aliphatic carbocycles. The molecule has 5 atom stereocenters. The van der Waals surface area contributed by atoms with Crippen molar-refractivity contribution in [2.75, 3.05) is 6.61 Å². The minimum absolute atomic E-state index is 0.0814. The third kappa shape index (κ3) is 5.55. The third-order valence-corrected chi connectivity index (χ3v) is 11.8. The van der Waals surface area contributed by atoms with Crippen molar-refractivity contribution in [1.82, 2.24) is 0 Å². The van der Waals surface area contributed by atoms with E-state index in [9.17, 15) is 20.1 Å². The number of aliphatic hydroxyl groups excluding tert-OH is 3. The highest BCUT2D eigenvalue weighted by atomic mass is 28.4. The number of rotatable bonds is 7. The maximum atomic E-state index is 12.5. The molecular formula is C29H34O7Si. The molecule has 37 heavy (non-hydrogen) atoms. The Morgan fingerprint density at radius 2 is 1.30 bits per heavy atom. The van der Waals surface area contributed by atoms with Crippen LogP contribution in [0.5, 0.6) is 0 Å². The topological polar surface area (TPSA) is 105 Å². The molecule has 8 heteroatoms. The van der Waals surface area contributed by atoms with E-state index in [0.29, 0.717) is 0 Å². The van der Waals surface area contributed by atoms with E-state index >= 15 is 0 Å². The van der Waals surface area contributed by atoms with Gasteiger partial charge in [-0.05, 0) is 27.5 Å². The predicted molar refractivity (Wildman–Crippen MR) is 142 cm³/mol. The lowest BCUT2D eigenvalue weighted by Crippen LogP contribution is -2.68. The fourth-order valence-electron chi connectivity index (χ4n) is 4.92. The second kappa shape index (κ2) is 11.3. The third-order valence-electron chi connectivity index (χ3n) is 6.80. The van der Waals surface area contributed by atoms with Gasteiger partial charge in [0.15, 0.2) is 12.4 Å². The second-order valence-electron chi connectivity index (χ2n) is 10.3. The van der Waals surface area contributed by atoms with Gasteiger partial charge in [0.25, 0.3) is 8.32 Å². The molecule has 1 saturated heterocycles. The first-order valence-electron chi connectivity index (χ1n) is 12.4.